The van der Waals surface area contributed by atoms with Crippen LogP contribution in [-0.2, 0) is 0 Å². The van der Waals surface area contributed by atoms with Crippen LogP contribution < -0.4 is 5.73 Å². The molecular weight excluding hydrogens is 226 g/mol. The minimum absolute atomic E-state index is 0.375. The average Bonchev–Trinajstić information content (AvgIpc) is 2.86. The number of aromatic nitrogens is 2. The first-order valence-corrected chi connectivity index (χ1v) is 5.11. The van der Waals surface area contributed by atoms with Crippen molar-refractivity contribution in [1.82, 2.24) is 10.1 Å². The molecule has 0 aliphatic heterocycles. The normalized spacial score (nSPS) is 11.1. The Kier molecular flexibility index (Phi) is 1.91. The van der Waals surface area contributed by atoms with Crippen LogP contribution in [-0.4, -0.2) is 10.1 Å². The van der Waals surface area contributed by atoms with Crippen LogP contribution >= 0.6 is 11.6 Å². The van der Waals surface area contributed by atoms with Crippen LogP contribution in [0.3, 0.4) is 0 Å². The lowest BCUT2D eigenvalue weighted by Crippen LogP contribution is -1.80. The second-order valence-electron chi connectivity index (χ2n) is 3.51. The van der Waals surface area contributed by atoms with Gasteiger partial charge in [-0.25, -0.2) is 0 Å². The number of anilines is 1. The van der Waals surface area contributed by atoms with E-state index in [-0.39, 0.29) is 0 Å². The summed E-state index contributed by atoms with van der Waals surface area (Å²) in [4.78, 5) is 3.08. The number of nitrogens with zero attached hydrogens (tertiary/aromatic N) is 1. The molecule has 16 heavy (non-hydrogen) atoms. The monoisotopic (exact) mass is 233 g/mol. The first kappa shape index (κ1) is 9.30. The van der Waals surface area contributed by atoms with Crippen molar-refractivity contribution in [3.8, 4) is 11.3 Å². The molecule has 0 spiro atoms. The van der Waals surface area contributed by atoms with Crippen molar-refractivity contribution in [2.45, 2.75) is 0 Å². The van der Waals surface area contributed by atoms with Gasteiger partial charge in [0.1, 0.15) is 0 Å². The minimum atomic E-state index is 0.375. The predicted octanol–water partition coefficient (Wildman–Crippen LogP) is 3.06. The van der Waals surface area contributed by atoms with Gasteiger partial charge in [0.05, 0.1) is 5.02 Å². The van der Waals surface area contributed by atoms with Gasteiger partial charge >= 0.3 is 0 Å². The van der Waals surface area contributed by atoms with Gasteiger partial charge in [-0.3, -0.25) is 0 Å². The Morgan fingerprint density at radius 2 is 2.19 bits per heavy atom. The summed E-state index contributed by atoms with van der Waals surface area (Å²) in [5.41, 5.74) is 7.37. The van der Waals surface area contributed by atoms with Gasteiger partial charge in [0.25, 0.3) is 0 Å². The second-order valence-corrected chi connectivity index (χ2v) is 3.92. The van der Waals surface area contributed by atoms with Crippen LogP contribution in [0.25, 0.3) is 22.2 Å². The van der Waals surface area contributed by atoms with E-state index in [2.05, 4.69) is 10.1 Å². The fourth-order valence-electron chi connectivity index (χ4n) is 1.67. The molecular formula is C11H8ClN3O. The van der Waals surface area contributed by atoms with Crippen molar-refractivity contribution < 1.29 is 4.52 Å². The summed E-state index contributed by atoms with van der Waals surface area (Å²) in [6.45, 7) is 0. The lowest BCUT2D eigenvalue weighted by atomic mass is 10.1. The van der Waals surface area contributed by atoms with E-state index in [1.54, 1.807) is 12.3 Å². The van der Waals surface area contributed by atoms with Gasteiger partial charge in [-0.15, -0.1) is 0 Å². The van der Waals surface area contributed by atoms with Crippen LogP contribution in [0.15, 0.2) is 35.0 Å². The third-order valence-corrected chi connectivity index (χ3v) is 2.76. The number of nitrogens with two attached hydrogens (primary N) is 1. The summed E-state index contributed by atoms with van der Waals surface area (Å²) in [6.07, 6.45) is 1.75. The molecule has 0 aliphatic carbocycles. The van der Waals surface area contributed by atoms with Gasteiger partial charge in [0.15, 0.2) is 11.6 Å². The summed E-state index contributed by atoms with van der Waals surface area (Å²) >= 11 is 5.99. The average molecular weight is 234 g/mol. The highest BCUT2D eigenvalue weighted by molar-refractivity contribution is 6.35. The van der Waals surface area contributed by atoms with Crippen LogP contribution in [0.2, 0.25) is 5.02 Å². The smallest absolute Gasteiger partial charge is 0.169 e. The molecule has 0 atom stereocenters. The molecule has 80 valence electrons. The Morgan fingerprint density at radius 3 is 2.94 bits per heavy atom. The van der Waals surface area contributed by atoms with Crippen LogP contribution in [0, 0.1) is 0 Å². The van der Waals surface area contributed by atoms with E-state index >= 15 is 0 Å². The molecule has 3 aromatic rings. The zero-order valence-electron chi connectivity index (χ0n) is 8.20. The number of hydrogen-bond acceptors (Lipinski definition) is 3. The van der Waals surface area contributed by atoms with Crippen molar-refractivity contribution in [2.75, 3.05) is 5.73 Å². The summed E-state index contributed by atoms with van der Waals surface area (Å²) in [5.74, 6) is 1.02. The molecule has 3 rings (SSSR count). The fourth-order valence-corrected chi connectivity index (χ4v) is 1.89. The maximum Gasteiger partial charge on any atom is 0.169 e. The highest BCUT2D eigenvalue weighted by Crippen LogP contribution is 2.28. The van der Waals surface area contributed by atoms with Crippen LogP contribution in [0.5, 0.6) is 0 Å². The molecule has 4 nitrogen and oxygen atoms in total. The number of fused-ring (bicyclic) bond motifs is 1. The fraction of sp³-hybridized carbons (Fsp3) is 0. The van der Waals surface area contributed by atoms with Crippen molar-refractivity contribution in [3.63, 3.8) is 0 Å². The third-order valence-electron chi connectivity index (χ3n) is 2.44. The van der Waals surface area contributed by atoms with Gasteiger partial charge in [-0.05, 0) is 6.07 Å². The molecule has 0 fully saturated rings. The molecule has 3 N–H and O–H groups in total. The summed E-state index contributed by atoms with van der Waals surface area (Å²) in [7, 11) is 0. The summed E-state index contributed by atoms with van der Waals surface area (Å²) < 4.78 is 5.08. The molecule has 2 aromatic heterocycles. The van der Waals surface area contributed by atoms with Crippen molar-refractivity contribution >= 4 is 28.3 Å². The second kappa shape index (κ2) is 3.28. The SMILES string of the molecule is Nc1cc(-c2ccc3c(Cl)c[nH]c3c2)on1. The Morgan fingerprint density at radius 1 is 1.31 bits per heavy atom. The maximum atomic E-state index is 5.99. The van der Waals surface area contributed by atoms with E-state index in [1.165, 1.54) is 0 Å². The Labute approximate surface area is 96.0 Å². The van der Waals surface area contributed by atoms with E-state index in [9.17, 15) is 0 Å². The van der Waals surface area contributed by atoms with E-state index in [0.29, 0.717) is 16.6 Å². The molecule has 0 bridgehead atoms. The van der Waals surface area contributed by atoms with Gasteiger partial charge in [0.2, 0.25) is 0 Å². The van der Waals surface area contributed by atoms with Gasteiger partial charge in [0, 0.05) is 28.7 Å². The van der Waals surface area contributed by atoms with Gasteiger partial charge < -0.3 is 15.2 Å². The number of nitrogens with one attached hydrogen (secondary N) is 1. The molecule has 0 aliphatic rings. The lowest BCUT2D eigenvalue weighted by Gasteiger charge is -1.95. The van der Waals surface area contributed by atoms with Crippen molar-refractivity contribution in [1.29, 1.82) is 0 Å². The molecule has 2 heterocycles. The standard InChI is InChI=1S/C11H8ClN3O/c12-8-5-14-9-3-6(1-2-7(8)9)10-4-11(13)15-16-10/h1-5,14H,(H2,13,15). The van der Waals surface area contributed by atoms with E-state index in [1.807, 2.05) is 18.2 Å². The number of benzene rings is 1. The third kappa shape index (κ3) is 1.35. The number of hydrogen-bond donors (Lipinski definition) is 2. The number of nitrogen functional groups attached to an aromatic ring is 1. The zero-order chi connectivity index (χ0) is 11.1. The largest absolute Gasteiger partial charge is 0.381 e. The molecule has 0 amide bonds. The van der Waals surface area contributed by atoms with Crippen LogP contribution in [0.1, 0.15) is 0 Å². The van der Waals surface area contributed by atoms with Gasteiger partial charge in [-0.1, -0.05) is 28.9 Å². The zero-order valence-corrected chi connectivity index (χ0v) is 8.95. The molecule has 1 aromatic carbocycles. The highest BCUT2D eigenvalue weighted by Gasteiger charge is 2.07. The van der Waals surface area contributed by atoms with Crippen LogP contribution in [0.4, 0.5) is 5.82 Å². The Balaban J connectivity index is 2.18. The molecule has 0 saturated carbocycles. The Bertz CT molecular complexity index is 656. The molecule has 0 saturated heterocycles. The topological polar surface area (TPSA) is 67.8 Å². The molecule has 0 radical (unpaired) electrons. The van der Waals surface area contributed by atoms with Crippen molar-refractivity contribution in [3.05, 3.63) is 35.5 Å². The van der Waals surface area contributed by atoms with Crippen molar-refractivity contribution in [2.24, 2.45) is 0 Å². The quantitative estimate of drug-likeness (QED) is 0.679. The molecule has 0 unspecified atom stereocenters. The van der Waals surface area contributed by atoms with E-state index in [4.69, 9.17) is 21.9 Å². The number of aromatic amines is 1. The van der Waals surface area contributed by atoms with E-state index in [0.717, 1.165) is 16.5 Å². The summed E-state index contributed by atoms with van der Waals surface area (Å²) in [5, 5.41) is 5.34. The lowest BCUT2D eigenvalue weighted by molar-refractivity contribution is 0.436. The number of halogens is 1. The number of H-pyrrole nitrogens is 1. The van der Waals surface area contributed by atoms with Gasteiger partial charge in [-0.2, -0.15) is 0 Å². The predicted molar refractivity (Wildman–Crippen MR) is 63.2 cm³/mol. The first-order valence-electron chi connectivity index (χ1n) is 4.73. The first-order chi connectivity index (χ1) is 7.74. The summed E-state index contributed by atoms with van der Waals surface area (Å²) in [6, 6.07) is 7.48. The number of rotatable bonds is 1. The highest BCUT2D eigenvalue weighted by atomic mass is 35.5. The van der Waals surface area contributed by atoms with E-state index < -0.39 is 0 Å². The molecule has 5 heteroatoms. The Hall–Kier alpha value is -1.94. The maximum absolute atomic E-state index is 5.99. The minimum Gasteiger partial charge on any atom is -0.381 e.